The average Bonchev–Trinajstić information content (AvgIpc) is 1.97. The molecular weight excluding hydrogens is 1180 g/mol. The summed E-state index contributed by atoms with van der Waals surface area (Å²) >= 11 is 3.80. The number of esters is 3. The Kier molecular flexibility index (Phi) is 34.2. The molecule has 0 saturated carbocycles. The van der Waals surface area contributed by atoms with Crippen molar-refractivity contribution in [3.63, 3.8) is 0 Å². The third-order valence-electron chi connectivity index (χ3n) is 19.5. The summed E-state index contributed by atoms with van der Waals surface area (Å²) in [5.41, 5.74) is 0.578. The van der Waals surface area contributed by atoms with Crippen LogP contribution in [0.5, 0.6) is 0 Å². The van der Waals surface area contributed by atoms with Crippen LogP contribution in [0.15, 0.2) is 11.6 Å². The molecule has 7 aliphatic heterocycles. The largest absolute Gasteiger partial charge is 0.462 e. The molecule has 7 N–H and O–H groups in total. The molecule has 0 spiro atoms. The summed E-state index contributed by atoms with van der Waals surface area (Å²) in [7, 11) is 0. The fraction of sp³-hybridized carbons (Fsp3) is 0.870. The highest BCUT2D eigenvalue weighted by molar-refractivity contribution is 8.00. The van der Waals surface area contributed by atoms with Gasteiger partial charge in [0.05, 0.1) is 54.7 Å². The minimum absolute atomic E-state index is 0.0522. The van der Waals surface area contributed by atoms with Gasteiger partial charge in [-0.05, 0) is 122 Å². The van der Waals surface area contributed by atoms with Gasteiger partial charge in [-0.3, -0.25) is 19.2 Å². The molecule has 0 aromatic carbocycles. The van der Waals surface area contributed by atoms with Crippen molar-refractivity contribution in [2.75, 3.05) is 24.6 Å². The molecule has 0 unspecified atom stereocenters. The minimum atomic E-state index is -0.507. The van der Waals surface area contributed by atoms with Gasteiger partial charge in [-0.2, -0.15) is 23.5 Å². The molecular formula is C69H116N6O13S2. The second-order valence-corrected chi connectivity index (χ2v) is 29.6. The summed E-state index contributed by atoms with van der Waals surface area (Å²) in [6, 6.07) is 0.697. The second kappa shape index (κ2) is 41.8. The molecule has 512 valence electrons. The van der Waals surface area contributed by atoms with Gasteiger partial charge in [-0.1, -0.05) is 122 Å². The summed E-state index contributed by atoms with van der Waals surface area (Å²) in [5.74, 6) is 1.25. The van der Waals surface area contributed by atoms with E-state index in [1.54, 1.807) is 0 Å². The first-order chi connectivity index (χ1) is 43.8. The maximum absolute atomic E-state index is 13.3. The number of ether oxygens (including phenoxy) is 5. The highest BCUT2D eigenvalue weighted by Crippen LogP contribution is 2.37. The van der Waals surface area contributed by atoms with Crippen LogP contribution in [0.1, 0.15) is 271 Å². The van der Waals surface area contributed by atoms with Crippen molar-refractivity contribution >= 4 is 65.3 Å². The van der Waals surface area contributed by atoms with Crippen LogP contribution in [0.3, 0.4) is 0 Å². The number of urea groups is 2. The molecule has 6 fully saturated rings. The standard InChI is InChI=1S/C69H116N6O13S2/c1-3-4-5-6-7-12-15-20-31-55(88-64(80)37-22-17-28-43-71-62(78)35-26-24-33-60-66-52(47-90-60)73-69(83)75-66)56-40-41-58(87-56)57-39-38-54(86-57)53(76)30-19-14-11-9-8-10-13-18-29-50(45-49-44-48(2)84-67(49)81)85-63(79)36-21-16-27-42-70-61(77)34-25-23-32-59-65-51(46-89-59)72-68(82)74-65/h44,48,50-60,65-66,76H,3-43,45-47H2,1-2H3,(H,70,77)(H,71,78)(H2,72,74,82)(H2,73,75,83)/t48-,50+,51-,52-,53+,54+,55-,56+,57+,58+,59-,60-,65-,66-/m0/s1. The maximum Gasteiger partial charge on any atom is 0.334 e. The number of aliphatic hydroxyl groups is 1. The molecule has 0 bridgehead atoms. The van der Waals surface area contributed by atoms with Crippen molar-refractivity contribution in [3.05, 3.63) is 11.6 Å². The Hall–Kier alpha value is -3.79. The Morgan fingerprint density at radius 3 is 1.56 bits per heavy atom. The number of unbranched alkanes of at least 4 members (excludes halogenated alkanes) is 20. The molecule has 6 saturated heterocycles. The number of carbonyl (C=O) groups is 7. The Morgan fingerprint density at radius 1 is 0.556 bits per heavy atom. The van der Waals surface area contributed by atoms with Crippen LogP contribution < -0.4 is 31.9 Å². The summed E-state index contributed by atoms with van der Waals surface area (Å²) < 4.78 is 30.8. The molecule has 14 atom stereocenters. The number of amides is 6. The Labute approximate surface area is 547 Å². The number of hydrogen-bond donors (Lipinski definition) is 7. The number of carbonyl (C=O) groups excluding carboxylic acids is 7. The lowest BCUT2D eigenvalue weighted by molar-refractivity contribution is -0.161. The number of rotatable bonds is 49. The van der Waals surface area contributed by atoms with Gasteiger partial charge in [-0.15, -0.1) is 0 Å². The zero-order chi connectivity index (χ0) is 63.7. The molecule has 7 rings (SSSR count). The first-order valence-corrected chi connectivity index (χ1v) is 38.1. The number of cyclic esters (lactones) is 1. The van der Waals surface area contributed by atoms with Gasteiger partial charge in [0.15, 0.2) is 0 Å². The molecule has 19 nitrogen and oxygen atoms in total. The van der Waals surface area contributed by atoms with E-state index in [1.165, 1.54) is 38.5 Å². The number of aliphatic hydroxyl groups excluding tert-OH is 1. The smallest absolute Gasteiger partial charge is 0.334 e. The van der Waals surface area contributed by atoms with E-state index in [9.17, 15) is 38.7 Å². The van der Waals surface area contributed by atoms with Gasteiger partial charge in [-0.25, -0.2) is 14.4 Å². The maximum atomic E-state index is 13.3. The predicted molar refractivity (Wildman–Crippen MR) is 354 cm³/mol. The summed E-state index contributed by atoms with van der Waals surface area (Å²) in [5, 5.41) is 30.1. The summed E-state index contributed by atoms with van der Waals surface area (Å²) in [6.07, 6.45) is 35.7. The molecule has 0 aromatic rings. The number of fused-ring (bicyclic) bond motifs is 2. The summed E-state index contributed by atoms with van der Waals surface area (Å²) in [4.78, 5) is 87.0. The van der Waals surface area contributed by atoms with E-state index in [0.717, 1.165) is 172 Å². The second-order valence-electron chi connectivity index (χ2n) is 27.0. The monoisotopic (exact) mass is 1300 g/mol. The predicted octanol–water partition coefficient (Wildman–Crippen LogP) is 11.8. The molecule has 0 radical (unpaired) electrons. The zero-order valence-electron chi connectivity index (χ0n) is 54.9. The summed E-state index contributed by atoms with van der Waals surface area (Å²) in [6.45, 7) is 5.26. The van der Waals surface area contributed by atoms with E-state index in [1.807, 2.05) is 36.5 Å². The van der Waals surface area contributed by atoms with E-state index in [2.05, 4.69) is 38.8 Å². The van der Waals surface area contributed by atoms with Crippen molar-refractivity contribution in [3.8, 4) is 0 Å². The van der Waals surface area contributed by atoms with Crippen LogP contribution in [0.4, 0.5) is 9.59 Å². The molecule has 7 heterocycles. The van der Waals surface area contributed by atoms with Crippen LogP contribution in [-0.4, -0.2) is 155 Å². The molecule has 0 aliphatic carbocycles. The van der Waals surface area contributed by atoms with Gasteiger partial charge < -0.3 is 60.7 Å². The lowest BCUT2D eigenvalue weighted by atomic mass is 9.99. The molecule has 6 amide bonds. The number of hydrogen-bond acceptors (Lipinski definition) is 15. The fourth-order valence-corrected chi connectivity index (χ4v) is 17.4. The van der Waals surface area contributed by atoms with E-state index in [-0.39, 0.29) is 109 Å². The van der Waals surface area contributed by atoms with Crippen LogP contribution in [-0.2, 0) is 47.7 Å². The zero-order valence-corrected chi connectivity index (χ0v) is 56.6. The third kappa shape index (κ3) is 26.9. The first kappa shape index (κ1) is 73.6. The van der Waals surface area contributed by atoms with Crippen molar-refractivity contribution in [2.24, 2.45) is 0 Å². The van der Waals surface area contributed by atoms with Gasteiger partial charge in [0.25, 0.3) is 0 Å². The molecule has 0 aromatic heterocycles. The molecule has 90 heavy (non-hydrogen) atoms. The topological polar surface area (TPSA) is 258 Å². The van der Waals surface area contributed by atoms with E-state index >= 15 is 0 Å². The van der Waals surface area contributed by atoms with Crippen molar-refractivity contribution in [1.82, 2.24) is 31.9 Å². The molecule has 7 aliphatic rings. The Morgan fingerprint density at radius 2 is 1.02 bits per heavy atom. The van der Waals surface area contributed by atoms with Crippen LogP contribution in [0.25, 0.3) is 0 Å². The van der Waals surface area contributed by atoms with Crippen LogP contribution in [0.2, 0.25) is 0 Å². The van der Waals surface area contributed by atoms with Crippen LogP contribution in [0, 0.1) is 0 Å². The minimum Gasteiger partial charge on any atom is -0.462 e. The van der Waals surface area contributed by atoms with Gasteiger partial charge >= 0.3 is 30.0 Å². The highest BCUT2D eigenvalue weighted by atomic mass is 32.2. The first-order valence-electron chi connectivity index (χ1n) is 36.0. The van der Waals surface area contributed by atoms with Crippen LogP contribution >= 0.6 is 23.5 Å². The van der Waals surface area contributed by atoms with E-state index in [4.69, 9.17) is 23.7 Å². The van der Waals surface area contributed by atoms with Gasteiger partial charge in [0.1, 0.15) is 18.3 Å². The van der Waals surface area contributed by atoms with Crippen molar-refractivity contribution < 1.29 is 62.4 Å². The van der Waals surface area contributed by atoms with Gasteiger partial charge in [0, 0.05) is 72.8 Å². The quantitative estimate of drug-likeness (QED) is 0.0129. The number of nitrogens with one attached hydrogen (secondary N) is 6. The SMILES string of the molecule is CCCCCCCCCC[C@H](OC(=O)CCCCCNC(=O)CCCC[C@@H]1SC[C@@H]2NC(=O)N[C@@H]21)[C@H]1CC[C@H]([C@H]2CC[C@H]([C@H](O)CCCCCCCCCC[C@H](CC3=C[C@H](C)OC3=O)OC(=O)CCCCCNC(=O)CCCC[C@@H]3SC[C@@H]4NC(=O)N[C@@H]43)O2)O1. The molecule has 21 heteroatoms. The normalized spacial score (nSPS) is 26.8. The average molecular weight is 1300 g/mol. The third-order valence-corrected chi connectivity index (χ3v) is 22.5. The van der Waals surface area contributed by atoms with Gasteiger partial charge in [0.2, 0.25) is 11.8 Å². The van der Waals surface area contributed by atoms with E-state index in [0.29, 0.717) is 86.9 Å². The number of thioether (sulfide) groups is 2. The highest BCUT2D eigenvalue weighted by Gasteiger charge is 2.45. The lowest BCUT2D eigenvalue weighted by Crippen LogP contribution is -2.36. The Bertz CT molecular complexity index is 2210. The van der Waals surface area contributed by atoms with Crippen molar-refractivity contribution in [1.29, 1.82) is 0 Å². The van der Waals surface area contributed by atoms with Crippen molar-refractivity contribution in [2.45, 2.75) is 354 Å². The van der Waals surface area contributed by atoms with E-state index < -0.39 is 6.10 Å². The fourth-order valence-electron chi connectivity index (χ4n) is 14.3. The Balaban J connectivity index is 0.692. The lowest BCUT2D eigenvalue weighted by Gasteiger charge is -2.26.